The van der Waals surface area contributed by atoms with Crippen LogP contribution in [0.1, 0.15) is 30.1 Å². The van der Waals surface area contributed by atoms with Crippen molar-refractivity contribution in [2.45, 2.75) is 42.4 Å². The Hall–Kier alpha value is -3.46. The summed E-state index contributed by atoms with van der Waals surface area (Å²) in [5.74, 6) is -1.59. The van der Waals surface area contributed by atoms with Gasteiger partial charge in [-0.05, 0) is 65.9 Å². The van der Waals surface area contributed by atoms with E-state index in [9.17, 15) is 18.6 Å². The van der Waals surface area contributed by atoms with Gasteiger partial charge in [0.25, 0.3) is 10.0 Å². The predicted octanol–water partition coefficient (Wildman–Crippen LogP) is 3.85. The maximum Gasteiger partial charge on any atom is 0.262 e. The minimum atomic E-state index is -4.46. The van der Waals surface area contributed by atoms with Crippen molar-refractivity contribution in [1.82, 2.24) is 14.9 Å². The Morgan fingerprint density at radius 1 is 1.07 bits per heavy atom. The zero-order valence-corrected chi connectivity index (χ0v) is 24.9. The fourth-order valence-corrected chi connectivity index (χ4v) is 7.52. The molecular formula is C30H30ClF2N5O5S. The Morgan fingerprint density at radius 2 is 1.84 bits per heavy atom. The summed E-state index contributed by atoms with van der Waals surface area (Å²) in [4.78, 5) is 10.8. The molecule has 5 N–H and O–H groups in total. The molecule has 3 aromatic carbocycles. The van der Waals surface area contributed by atoms with Crippen LogP contribution in [-0.4, -0.2) is 77.0 Å². The number of halogens is 3. The van der Waals surface area contributed by atoms with Crippen molar-refractivity contribution >= 4 is 44.2 Å². The van der Waals surface area contributed by atoms with Gasteiger partial charge in [0.05, 0.1) is 34.4 Å². The van der Waals surface area contributed by atoms with Crippen molar-refractivity contribution in [3.63, 3.8) is 0 Å². The highest BCUT2D eigenvalue weighted by Gasteiger charge is 2.35. The lowest BCUT2D eigenvalue weighted by atomic mass is 10.0. The number of sulfonamides is 1. The molecule has 1 fully saturated rings. The average molecular weight is 646 g/mol. The summed E-state index contributed by atoms with van der Waals surface area (Å²) >= 11 is 6.10. The van der Waals surface area contributed by atoms with Crippen molar-refractivity contribution < 1.29 is 32.5 Å². The highest BCUT2D eigenvalue weighted by atomic mass is 35.5. The third-order valence-corrected chi connectivity index (χ3v) is 9.79. The van der Waals surface area contributed by atoms with E-state index < -0.39 is 45.1 Å². The maximum absolute atomic E-state index is 15.8. The van der Waals surface area contributed by atoms with Crippen LogP contribution >= 0.6 is 11.6 Å². The van der Waals surface area contributed by atoms with Gasteiger partial charge in [0.15, 0.2) is 5.82 Å². The van der Waals surface area contributed by atoms with Crippen LogP contribution in [0, 0.1) is 11.6 Å². The van der Waals surface area contributed by atoms with E-state index in [1.165, 1.54) is 18.2 Å². The van der Waals surface area contributed by atoms with Crippen LogP contribution in [0.5, 0.6) is 0 Å². The van der Waals surface area contributed by atoms with Crippen molar-refractivity contribution in [3.8, 4) is 11.1 Å². The van der Waals surface area contributed by atoms with Gasteiger partial charge in [-0.3, -0.25) is 4.72 Å². The number of hydrogen-bond acceptors (Lipinski definition) is 9. The smallest absolute Gasteiger partial charge is 0.262 e. The van der Waals surface area contributed by atoms with E-state index in [0.29, 0.717) is 23.4 Å². The van der Waals surface area contributed by atoms with Gasteiger partial charge in [-0.15, -0.1) is 0 Å². The Labute approximate surface area is 257 Å². The third-order valence-electron chi connectivity index (χ3n) is 8.14. The van der Waals surface area contributed by atoms with E-state index in [2.05, 4.69) is 24.9 Å². The predicted molar refractivity (Wildman–Crippen MR) is 162 cm³/mol. The normalized spacial score (nSPS) is 19.3. The molecule has 0 saturated carbocycles. The Balaban J connectivity index is 1.25. The lowest BCUT2D eigenvalue weighted by molar-refractivity contribution is 0.0326. The molecule has 1 aliphatic heterocycles. The highest BCUT2D eigenvalue weighted by molar-refractivity contribution is 7.92. The van der Waals surface area contributed by atoms with E-state index in [-0.39, 0.29) is 45.7 Å². The zero-order valence-electron chi connectivity index (χ0n) is 23.3. The molecule has 6 rings (SSSR count). The third kappa shape index (κ3) is 5.95. The first-order valence-electron chi connectivity index (χ1n) is 14.1. The van der Waals surface area contributed by atoms with Gasteiger partial charge in [-0.1, -0.05) is 17.7 Å². The standard InChI is InChI=1S/C30H30ClF2N5O5S/c31-18-12-21-20(14-25(40)29(21)41)26(13-18)44(42,43)37-24-4-2-22(32)27(28(24)33)16-1-3-23-17(11-16)15-34-30(36-23)35-19-5-7-38(8-6-19)9-10-39/h1-4,11-13,15,19,25,29,37,39-41H,5-10,14H2,(H,34,35,36). The van der Waals surface area contributed by atoms with Gasteiger partial charge >= 0.3 is 0 Å². The summed E-state index contributed by atoms with van der Waals surface area (Å²) in [5.41, 5.74) is 0.122. The Kier molecular flexibility index (Phi) is 8.44. The summed E-state index contributed by atoms with van der Waals surface area (Å²) in [6, 6.07) is 9.30. The van der Waals surface area contributed by atoms with Crippen LogP contribution in [0.25, 0.3) is 22.0 Å². The van der Waals surface area contributed by atoms with E-state index in [4.69, 9.17) is 16.7 Å². The number of aliphatic hydroxyl groups excluding tert-OH is 3. The molecule has 0 bridgehead atoms. The number of anilines is 2. The number of fused-ring (bicyclic) bond motifs is 2. The largest absolute Gasteiger partial charge is 0.395 e. The number of aromatic nitrogens is 2. The Morgan fingerprint density at radius 3 is 2.59 bits per heavy atom. The van der Waals surface area contributed by atoms with Gasteiger partial charge in [-0.2, -0.15) is 0 Å². The molecule has 0 spiro atoms. The van der Waals surface area contributed by atoms with Gasteiger partial charge in [0.2, 0.25) is 5.95 Å². The van der Waals surface area contributed by atoms with Gasteiger partial charge in [0.1, 0.15) is 11.9 Å². The van der Waals surface area contributed by atoms with E-state index in [0.717, 1.165) is 44.1 Å². The molecular weight excluding hydrogens is 616 g/mol. The number of β-amino-alcohol motifs (C(OH)–C–C–N with tert-alkyl or cyclic N) is 1. The molecule has 4 aromatic rings. The van der Waals surface area contributed by atoms with E-state index in [1.807, 2.05) is 0 Å². The van der Waals surface area contributed by atoms with Crippen LogP contribution in [-0.2, 0) is 16.4 Å². The van der Waals surface area contributed by atoms with Crippen LogP contribution in [0.3, 0.4) is 0 Å². The number of hydrogen-bond donors (Lipinski definition) is 5. The fourth-order valence-electron chi connectivity index (χ4n) is 5.86. The number of rotatable bonds is 8. The van der Waals surface area contributed by atoms with Crippen molar-refractivity contribution in [1.29, 1.82) is 0 Å². The average Bonchev–Trinajstić information content (AvgIpc) is 3.28. The second-order valence-electron chi connectivity index (χ2n) is 11.0. The summed E-state index contributed by atoms with van der Waals surface area (Å²) in [6.07, 6.45) is 0.643. The molecule has 2 atom stereocenters. The molecule has 1 saturated heterocycles. The molecule has 0 amide bonds. The monoisotopic (exact) mass is 645 g/mol. The van der Waals surface area contributed by atoms with Gasteiger partial charge in [-0.25, -0.2) is 27.2 Å². The number of aliphatic hydroxyl groups is 3. The van der Waals surface area contributed by atoms with Crippen LogP contribution < -0.4 is 10.0 Å². The minimum Gasteiger partial charge on any atom is -0.395 e. The minimum absolute atomic E-state index is 0.0118. The molecule has 0 radical (unpaired) electrons. The van der Waals surface area contributed by atoms with Crippen molar-refractivity contribution in [2.75, 3.05) is 36.3 Å². The molecule has 2 unspecified atom stereocenters. The number of benzene rings is 3. The molecule has 2 heterocycles. The first-order valence-corrected chi connectivity index (χ1v) is 16.0. The molecule has 44 heavy (non-hydrogen) atoms. The van der Waals surface area contributed by atoms with Crippen molar-refractivity contribution in [2.24, 2.45) is 0 Å². The zero-order chi connectivity index (χ0) is 31.2. The molecule has 2 aliphatic rings. The second-order valence-corrected chi connectivity index (χ2v) is 13.1. The molecule has 1 aliphatic carbocycles. The second kappa shape index (κ2) is 12.1. The van der Waals surface area contributed by atoms with E-state index in [1.54, 1.807) is 12.3 Å². The maximum atomic E-state index is 15.8. The van der Waals surface area contributed by atoms with E-state index >= 15 is 8.78 Å². The Bertz CT molecular complexity index is 1840. The van der Waals surface area contributed by atoms with Crippen LogP contribution in [0.15, 0.2) is 53.6 Å². The number of nitrogens with one attached hydrogen (secondary N) is 2. The summed E-state index contributed by atoms with van der Waals surface area (Å²) in [6.45, 7) is 2.49. The first-order chi connectivity index (χ1) is 21.0. The molecule has 10 nitrogen and oxygen atoms in total. The van der Waals surface area contributed by atoms with Crippen molar-refractivity contribution in [3.05, 3.63) is 76.4 Å². The quantitative estimate of drug-likeness (QED) is 0.193. The number of likely N-dealkylation sites (tertiary alicyclic amines) is 1. The summed E-state index contributed by atoms with van der Waals surface area (Å²) in [5, 5.41) is 33.3. The summed E-state index contributed by atoms with van der Waals surface area (Å²) in [7, 11) is -4.46. The first kappa shape index (κ1) is 30.6. The molecule has 14 heteroatoms. The summed E-state index contributed by atoms with van der Waals surface area (Å²) < 4.78 is 59.8. The van der Waals surface area contributed by atoms with Crippen LogP contribution in [0.4, 0.5) is 20.4 Å². The topological polar surface area (TPSA) is 148 Å². The lowest BCUT2D eigenvalue weighted by Gasteiger charge is -2.31. The highest BCUT2D eigenvalue weighted by Crippen LogP contribution is 2.39. The number of piperidine rings is 1. The molecule has 1 aromatic heterocycles. The SMILES string of the molecule is O=S(=O)(Nc1ccc(F)c(-c2ccc3nc(NC4CCN(CCO)CC4)ncc3c2)c1F)c1cc(Cl)cc2c1CC(O)C2O. The molecule has 232 valence electrons. The van der Waals surface area contributed by atoms with Crippen LogP contribution in [0.2, 0.25) is 5.02 Å². The number of nitrogens with zero attached hydrogens (tertiary/aromatic N) is 3. The van der Waals surface area contributed by atoms with Gasteiger partial charge < -0.3 is 25.5 Å². The lowest BCUT2D eigenvalue weighted by Crippen LogP contribution is -2.40. The van der Waals surface area contributed by atoms with Gasteiger partial charge in [0, 0.05) is 48.7 Å². The fraction of sp³-hybridized carbons (Fsp3) is 0.333.